The molecule has 122 valence electrons. The lowest BCUT2D eigenvalue weighted by Gasteiger charge is -2.24. The number of carbonyl (C=O) groups is 2. The van der Waals surface area contributed by atoms with Gasteiger partial charge in [0.05, 0.1) is 0 Å². The molecule has 2 aliphatic heterocycles. The van der Waals surface area contributed by atoms with Crippen molar-refractivity contribution < 1.29 is 14.7 Å². The molecule has 1 aromatic carbocycles. The molecule has 5 nitrogen and oxygen atoms in total. The fourth-order valence-electron chi connectivity index (χ4n) is 3.06. The average molecular weight is 335 g/mol. The van der Waals surface area contributed by atoms with Gasteiger partial charge >= 0.3 is 6.09 Å². The zero-order valence-electron chi connectivity index (χ0n) is 12.8. The fourth-order valence-corrected chi connectivity index (χ4v) is 3.30. The molecule has 1 aromatic rings. The van der Waals surface area contributed by atoms with Gasteiger partial charge in [-0.25, -0.2) is 4.79 Å². The Morgan fingerprint density at radius 1 is 1.26 bits per heavy atom. The van der Waals surface area contributed by atoms with Gasteiger partial charge in [0.1, 0.15) is 0 Å². The third-order valence-electron chi connectivity index (χ3n) is 4.44. The molecule has 0 saturated carbocycles. The molecule has 0 bridgehead atoms. The zero-order valence-corrected chi connectivity index (χ0v) is 13.6. The lowest BCUT2D eigenvalue weighted by atomic mass is 9.98. The van der Waals surface area contributed by atoms with E-state index in [1.807, 2.05) is 29.2 Å². The van der Waals surface area contributed by atoms with Gasteiger partial charge in [0.2, 0.25) is 5.91 Å². The van der Waals surface area contributed by atoms with Gasteiger partial charge in [-0.05, 0) is 35.6 Å². The third-order valence-corrected chi connectivity index (χ3v) is 4.79. The van der Waals surface area contributed by atoms with Crippen molar-refractivity contribution in [3.63, 3.8) is 0 Å². The summed E-state index contributed by atoms with van der Waals surface area (Å²) in [5, 5.41) is 9.63. The molecule has 6 heteroatoms. The number of rotatable bonds is 3. The maximum Gasteiger partial charge on any atom is 0.407 e. The summed E-state index contributed by atoms with van der Waals surface area (Å²) in [4.78, 5) is 25.9. The van der Waals surface area contributed by atoms with E-state index in [-0.39, 0.29) is 5.91 Å². The molecule has 0 aliphatic carbocycles. The number of hydrogen-bond donors (Lipinski definition) is 1. The van der Waals surface area contributed by atoms with Crippen LogP contribution in [0, 0.1) is 0 Å². The third kappa shape index (κ3) is 3.50. The van der Waals surface area contributed by atoms with Gasteiger partial charge in [0, 0.05) is 37.6 Å². The van der Waals surface area contributed by atoms with Crippen molar-refractivity contribution in [2.75, 3.05) is 19.6 Å². The lowest BCUT2D eigenvalue weighted by Crippen LogP contribution is -2.33. The van der Waals surface area contributed by atoms with Crippen LogP contribution in [0.15, 0.2) is 24.3 Å². The van der Waals surface area contributed by atoms with Gasteiger partial charge in [0.15, 0.2) is 0 Å². The van der Waals surface area contributed by atoms with Gasteiger partial charge in [-0.15, -0.1) is 0 Å². The Hall–Kier alpha value is -2.01. The largest absolute Gasteiger partial charge is 0.465 e. The number of amides is 2. The highest BCUT2D eigenvalue weighted by molar-refractivity contribution is 6.31. The number of likely N-dealkylation sites (tertiary alicyclic amines) is 1. The Labute approximate surface area is 140 Å². The first-order valence-corrected chi connectivity index (χ1v) is 8.16. The Balaban J connectivity index is 1.72. The van der Waals surface area contributed by atoms with Crippen LogP contribution < -0.4 is 0 Å². The highest BCUT2D eigenvalue weighted by atomic mass is 35.5. The van der Waals surface area contributed by atoms with Crippen molar-refractivity contribution in [1.29, 1.82) is 0 Å². The van der Waals surface area contributed by atoms with E-state index in [4.69, 9.17) is 16.7 Å². The summed E-state index contributed by atoms with van der Waals surface area (Å²) in [7, 11) is 0. The first-order valence-electron chi connectivity index (χ1n) is 7.78. The van der Waals surface area contributed by atoms with Gasteiger partial charge < -0.3 is 14.9 Å². The van der Waals surface area contributed by atoms with Crippen LogP contribution in [0.25, 0.3) is 5.57 Å². The van der Waals surface area contributed by atoms with Crippen LogP contribution in [0.1, 0.15) is 30.4 Å². The van der Waals surface area contributed by atoms with Crippen molar-refractivity contribution >= 4 is 29.2 Å². The Bertz CT molecular complexity index is 672. The van der Waals surface area contributed by atoms with E-state index >= 15 is 0 Å². The van der Waals surface area contributed by atoms with E-state index in [0.29, 0.717) is 37.5 Å². The predicted molar refractivity (Wildman–Crippen MR) is 88.3 cm³/mol. The number of halogens is 1. The molecule has 2 aliphatic rings. The highest BCUT2D eigenvalue weighted by Crippen LogP contribution is 2.28. The van der Waals surface area contributed by atoms with Crippen LogP contribution >= 0.6 is 11.6 Å². The van der Waals surface area contributed by atoms with Crippen molar-refractivity contribution in [3.8, 4) is 0 Å². The Morgan fingerprint density at radius 3 is 2.65 bits per heavy atom. The van der Waals surface area contributed by atoms with Gasteiger partial charge in [-0.1, -0.05) is 29.8 Å². The molecule has 23 heavy (non-hydrogen) atoms. The number of benzene rings is 1. The average Bonchev–Trinajstić information content (AvgIpc) is 2.94. The molecule has 3 rings (SSSR count). The molecule has 2 amide bonds. The van der Waals surface area contributed by atoms with Crippen LogP contribution in [-0.4, -0.2) is 46.5 Å². The monoisotopic (exact) mass is 334 g/mol. The van der Waals surface area contributed by atoms with Gasteiger partial charge in [-0.2, -0.15) is 0 Å². The molecular formula is C17H19ClN2O3. The maximum atomic E-state index is 11.7. The summed E-state index contributed by atoms with van der Waals surface area (Å²) in [6, 6.07) is 5.89. The highest BCUT2D eigenvalue weighted by Gasteiger charge is 2.21. The van der Waals surface area contributed by atoms with Crippen molar-refractivity contribution in [3.05, 3.63) is 40.4 Å². The van der Waals surface area contributed by atoms with Crippen molar-refractivity contribution in [1.82, 2.24) is 9.80 Å². The second kappa shape index (κ2) is 6.62. The van der Waals surface area contributed by atoms with Crippen LogP contribution in [0.2, 0.25) is 5.02 Å². The summed E-state index contributed by atoms with van der Waals surface area (Å²) in [5.41, 5.74) is 3.10. The molecular weight excluding hydrogens is 316 g/mol. The van der Waals surface area contributed by atoms with E-state index < -0.39 is 6.09 Å². The minimum atomic E-state index is -0.885. The summed E-state index contributed by atoms with van der Waals surface area (Å²) in [6.45, 7) is 2.27. The van der Waals surface area contributed by atoms with Crippen LogP contribution in [-0.2, 0) is 11.3 Å². The van der Waals surface area contributed by atoms with Crippen LogP contribution in [0.3, 0.4) is 0 Å². The van der Waals surface area contributed by atoms with E-state index in [2.05, 4.69) is 0 Å². The second-order valence-corrected chi connectivity index (χ2v) is 6.34. The van der Waals surface area contributed by atoms with Crippen LogP contribution in [0.4, 0.5) is 4.79 Å². The van der Waals surface area contributed by atoms with Gasteiger partial charge in [-0.3, -0.25) is 4.79 Å². The van der Waals surface area contributed by atoms with Crippen molar-refractivity contribution in [2.45, 2.75) is 25.8 Å². The number of hydrogen-bond acceptors (Lipinski definition) is 2. The van der Waals surface area contributed by atoms with E-state index in [9.17, 15) is 9.59 Å². The first kappa shape index (κ1) is 15.9. The topological polar surface area (TPSA) is 60.9 Å². The number of carboxylic acid groups (broad SMARTS) is 1. The minimum absolute atomic E-state index is 0.189. The predicted octanol–water partition coefficient (Wildman–Crippen LogP) is 3.23. The Morgan fingerprint density at radius 2 is 2.09 bits per heavy atom. The summed E-state index contributed by atoms with van der Waals surface area (Å²) in [6.07, 6.45) is 3.29. The molecule has 0 atom stereocenters. The minimum Gasteiger partial charge on any atom is -0.465 e. The first-order chi connectivity index (χ1) is 11.0. The normalized spacial score (nSPS) is 18.3. The molecule has 0 spiro atoms. The Kier molecular flexibility index (Phi) is 4.57. The SMILES string of the molecule is O=C(O)N1CC=C(c2ccc(CN3CCCC3=O)c(Cl)c2)CC1. The van der Waals surface area contributed by atoms with E-state index in [1.54, 1.807) is 0 Å². The summed E-state index contributed by atoms with van der Waals surface area (Å²) < 4.78 is 0. The number of carbonyl (C=O) groups excluding carboxylic acids is 1. The summed E-state index contributed by atoms with van der Waals surface area (Å²) in [5.74, 6) is 0.189. The van der Waals surface area contributed by atoms with Crippen molar-refractivity contribution in [2.24, 2.45) is 0 Å². The molecule has 1 saturated heterocycles. The molecule has 0 aromatic heterocycles. The zero-order chi connectivity index (χ0) is 16.4. The lowest BCUT2D eigenvalue weighted by molar-refractivity contribution is -0.128. The standard InChI is InChI=1S/C17H19ClN2O3/c18-15-10-13(12-5-8-19(9-6-12)17(22)23)3-4-14(15)11-20-7-1-2-16(20)21/h3-5,10H,1-2,6-9,11H2,(H,22,23). The molecule has 0 radical (unpaired) electrons. The van der Waals surface area contributed by atoms with Crippen LogP contribution in [0.5, 0.6) is 0 Å². The smallest absolute Gasteiger partial charge is 0.407 e. The van der Waals surface area contributed by atoms with E-state index in [1.165, 1.54) is 4.90 Å². The molecule has 0 unspecified atom stereocenters. The quantitative estimate of drug-likeness (QED) is 0.923. The maximum absolute atomic E-state index is 11.7. The molecule has 1 N–H and O–H groups in total. The fraction of sp³-hybridized carbons (Fsp3) is 0.412. The molecule has 1 fully saturated rings. The second-order valence-electron chi connectivity index (χ2n) is 5.93. The molecule has 2 heterocycles. The number of nitrogens with zero attached hydrogens (tertiary/aromatic N) is 2. The van der Waals surface area contributed by atoms with Gasteiger partial charge in [0.25, 0.3) is 0 Å². The van der Waals surface area contributed by atoms with E-state index in [0.717, 1.165) is 29.7 Å². The summed E-state index contributed by atoms with van der Waals surface area (Å²) >= 11 is 6.38.